The molecule has 0 amide bonds. The lowest BCUT2D eigenvalue weighted by Gasteiger charge is -2.33. The van der Waals surface area contributed by atoms with Gasteiger partial charge in [-0.3, -0.25) is 0 Å². The molecule has 1 heteroatoms. The molecule has 0 radical (unpaired) electrons. The SMILES string of the molecule is C=C/C=C\c1cccc(-n2ccc3ccc4c(c32)-c2ccccc2C4(c2ccccc2)c2ccccc2)c1. The zero-order chi connectivity index (χ0) is 25.5. The van der Waals surface area contributed by atoms with E-state index in [-0.39, 0.29) is 0 Å². The van der Waals surface area contributed by atoms with E-state index in [4.69, 9.17) is 0 Å². The van der Waals surface area contributed by atoms with Crippen molar-refractivity contribution in [2.75, 3.05) is 0 Å². The molecule has 38 heavy (non-hydrogen) atoms. The van der Waals surface area contributed by atoms with Gasteiger partial charge < -0.3 is 4.57 Å². The lowest BCUT2D eigenvalue weighted by Crippen LogP contribution is -2.28. The Hall–Kier alpha value is -4.88. The lowest BCUT2D eigenvalue weighted by molar-refractivity contribution is 0.769. The Morgan fingerprint density at radius 1 is 0.632 bits per heavy atom. The second kappa shape index (κ2) is 8.90. The van der Waals surface area contributed by atoms with Gasteiger partial charge in [0.05, 0.1) is 10.9 Å². The summed E-state index contributed by atoms with van der Waals surface area (Å²) >= 11 is 0. The number of benzene rings is 5. The van der Waals surface area contributed by atoms with Gasteiger partial charge in [-0.1, -0.05) is 134 Å². The van der Waals surface area contributed by atoms with E-state index in [1.165, 1.54) is 44.3 Å². The highest BCUT2D eigenvalue weighted by Crippen LogP contribution is 2.57. The van der Waals surface area contributed by atoms with Gasteiger partial charge in [-0.15, -0.1) is 0 Å². The normalized spacial score (nSPS) is 13.5. The van der Waals surface area contributed by atoms with Crippen LogP contribution >= 0.6 is 0 Å². The van der Waals surface area contributed by atoms with Gasteiger partial charge in [0.2, 0.25) is 0 Å². The third kappa shape index (κ3) is 3.19. The molecule has 1 aliphatic rings. The highest BCUT2D eigenvalue weighted by atomic mass is 15.0. The van der Waals surface area contributed by atoms with Crippen molar-refractivity contribution in [1.29, 1.82) is 0 Å². The van der Waals surface area contributed by atoms with E-state index in [1.54, 1.807) is 0 Å². The zero-order valence-corrected chi connectivity index (χ0v) is 21.1. The zero-order valence-electron chi connectivity index (χ0n) is 21.1. The summed E-state index contributed by atoms with van der Waals surface area (Å²) < 4.78 is 2.35. The van der Waals surface area contributed by atoms with Crippen LogP contribution in [0.3, 0.4) is 0 Å². The fourth-order valence-corrected chi connectivity index (χ4v) is 6.33. The molecule has 1 aromatic heterocycles. The molecule has 5 aromatic carbocycles. The minimum absolute atomic E-state index is 0.397. The van der Waals surface area contributed by atoms with Crippen LogP contribution in [0.5, 0.6) is 0 Å². The van der Waals surface area contributed by atoms with Crippen LogP contribution in [0.25, 0.3) is 33.8 Å². The Kier molecular flexibility index (Phi) is 5.23. The van der Waals surface area contributed by atoms with Gasteiger partial charge in [0.15, 0.2) is 0 Å². The van der Waals surface area contributed by atoms with Crippen LogP contribution in [0.4, 0.5) is 0 Å². The maximum Gasteiger partial charge on any atom is 0.0714 e. The Bertz CT molecular complexity index is 1780. The van der Waals surface area contributed by atoms with E-state index < -0.39 is 5.41 Å². The number of allylic oxidation sites excluding steroid dienone is 2. The predicted octanol–water partition coefficient (Wildman–Crippen LogP) is 9.19. The topological polar surface area (TPSA) is 4.93 Å². The van der Waals surface area contributed by atoms with Crippen LogP contribution in [-0.4, -0.2) is 4.57 Å². The van der Waals surface area contributed by atoms with E-state index in [0.717, 1.165) is 11.3 Å². The first-order chi connectivity index (χ1) is 18.8. The van der Waals surface area contributed by atoms with E-state index in [0.29, 0.717) is 0 Å². The molecule has 0 N–H and O–H groups in total. The van der Waals surface area contributed by atoms with Gasteiger partial charge in [0, 0.05) is 22.8 Å². The summed E-state index contributed by atoms with van der Waals surface area (Å²) in [5.74, 6) is 0. The van der Waals surface area contributed by atoms with Gasteiger partial charge in [-0.2, -0.15) is 0 Å². The Labute approximate surface area is 223 Å². The van der Waals surface area contributed by atoms with Crippen LogP contribution in [-0.2, 0) is 5.41 Å². The van der Waals surface area contributed by atoms with Gasteiger partial charge in [-0.25, -0.2) is 0 Å². The fraction of sp³-hybridized carbons (Fsp3) is 0.0270. The van der Waals surface area contributed by atoms with Crippen LogP contribution in [0.2, 0.25) is 0 Å². The van der Waals surface area contributed by atoms with Gasteiger partial charge in [0.1, 0.15) is 0 Å². The Balaban J connectivity index is 1.60. The molecule has 1 aliphatic carbocycles. The van der Waals surface area contributed by atoms with E-state index in [9.17, 15) is 0 Å². The molecule has 180 valence electrons. The minimum atomic E-state index is -0.397. The summed E-state index contributed by atoms with van der Waals surface area (Å²) in [5.41, 5.74) is 11.0. The highest BCUT2D eigenvalue weighted by molar-refractivity contribution is 6.03. The molecule has 0 atom stereocenters. The minimum Gasteiger partial charge on any atom is -0.316 e. The number of rotatable bonds is 5. The van der Waals surface area contributed by atoms with E-state index in [1.807, 2.05) is 12.2 Å². The van der Waals surface area contributed by atoms with Gasteiger partial charge in [-0.05, 0) is 51.6 Å². The molecule has 0 bridgehead atoms. The van der Waals surface area contributed by atoms with Crippen LogP contribution in [0, 0.1) is 0 Å². The number of nitrogens with zero attached hydrogens (tertiary/aromatic N) is 1. The second-order valence-electron chi connectivity index (χ2n) is 9.83. The molecule has 1 heterocycles. The van der Waals surface area contributed by atoms with Crippen molar-refractivity contribution in [2.45, 2.75) is 5.41 Å². The van der Waals surface area contributed by atoms with Crippen LogP contribution in [0.15, 0.2) is 152 Å². The molecule has 0 saturated carbocycles. The third-order valence-electron chi connectivity index (χ3n) is 7.84. The standard InChI is InChI=1S/C37H27N/c1-2-3-13-27-14-12-19-31(26-27)38-25-24-28-22-23-34-35(36(28)38)32-20-10-11-21-33(32)37(34,29-15-6-4-7-16-29)30-17-8-5-9-18-30/h2-26H,1H2/b13-3-. The third-order valence-corrected chi connectivity index (χ3v) is 7.84. The lowest BCUT2D eigenvalue weighted by atomic mass is 9.67. The highest BCUT2D eigenvalue weighted by Gasteiger charge is 2.46. The van der Waals surface area contributed by atoms with Crippen LogP contribution in [0.1, 0.15) is 27.8 Å². The van der Waals surface area contributed by atoms with Gasteiger partial charge in [0.25, 0.3) is 0 Å². The monoisotopic (exact) mass is 485 g/mol. The summed E-state index contributed by atoms with van der Waals surface area (Å²) in [5, 5.41) is 1.24. The Morgan fingerprint density at radius 2 is 1.34 bits per heavy atom. The first-order valence-electron chi connectivity index (χ1n) is 13.1. The maximum atomic E-state index is 3.82. The molecule has 6 aromatic rings. The van der Waals surface area contributed by atoms with Crippen molar-refractivity contribution in [1.82, 2.24) is 4.57 Å². The average molecular weight is 486 g/mol. The van der Waals surface area contributed by atoms with E-state index in [2.05, 4.69) is 151 Å². The second-order valence-corrected chi connectivity index (χ2v) is 9.83. The van der Waals surface area contributed by atoms with Crippen molar-refractivity contribution >= 4 is 17.0 Å². The summed E-state index contributed by atoms with van der Waals surface area (Å²) in [7, 11) is 0. The summed E-state index contributed by atoms with van der Waals surface area (Å²) in [6.45, 7) is 3.82. The molecule has 7 rings (SSSR count). The molecule has 0 spiro atoms. The quantitative estimate of drug-likeness (QED) is 0.214. The number of hydrogen-bond acceptors (Lipinski definition) is 0. The Morgan fingerprint density at radius 3 is 2.08 bits per heavy atom. The van der Waals surface area contributed by atoms with Crippen molar-refractivity contribution in [3.63, 3.8) is 0 Å². The largest absolute Gasteiger partial charge is 0.316 e. The van der Waals surface area contributed by atoms with Crippen molar-refractivity contribution < 1.29 is 0 Å². The fourth-order valence-electron chi connectivity index (χ4n) is 6.33. The van der Waals surface area contributed by atoms with Gasteiger partial charge >= 0.3 is 0 Å². The number of aromatic nitrogens is 1. The molecule has 0 aliphatic heterocycles. The maximum absolute atomic E-state index is 3.82. The molecule has 0 unspecified atom stereocenters. The molecular weight excluding hydrogens is 458 g/mol. The summed E-state index contributed by atoms with van der Waals surface area (Å²) in [6, 6.07) is 46.4. The van der Waals surface area contributed by atoms with Crippen LogP contribution < -0.4 is 0 Å². The first kappa shape index (κ1) is 22.3. The first-order valence-corrected chi connectivity index (χ1v) is 13.1. The average Bonchev–Trinajstić information content (AvgIpc) is 3.55. The number of hydrogen-bond donors (Lipinski definition) is 0. The van der Waals surface area contributed by atoms with E-state index >= 15 is 0 Å². The molecule has 0 saturated heterocycles. The van der Waals surface area contributed by atoms with Crippen molar-refractivity contribution in [3.05, 3.63) is 180 Å². The smallest absolute Gasteiger partial charge is 0.0714 e. The predicted molar refractivity (Wildman–Crippen MR) is 160 cm³/mol. The summed E-state index contributed by atoms with van der Waals surface area (Å²) in [6.07, 6.45) is 8.09. The molecular formula is C37H27N. The van der Waals surface area contributed by atoms with Crippen molar-refractivity contribution in [3.8, 4) is 16.8 Å². The van der Waals surface area contributed by atoms with Crippen molar-refractivity contribution in [2.24, 2.45) is 0 Å². The molecule has 0 fully saturated rings. The summed E-state index contributed by atoms with van der Waals surface area (Å²) in [4.78, 5) is 0. The number of fused-ring (bicyclic) bond motifs is 5. The molecule has 1 nitrogen and oxygen atoms in total.